The molecule has 0 aliphatic rings. The molecule has 0 heterocycles. The molecule has 0 radical (unpaired) electrons. The van der Waals surface area contributed by atoms with Crippen molar-refractivity contribution < 1.29 is 39.6 Å². The fraction of sp³-hybridized carbons (Fsp3) is 0.692. The first-order valence-corrected chi connectivity index (χ1v) is 6.99. The summed E-state index contributed by atoms with van der Waals surface area (Å²) in [6.07, 6.45) is 0.714. The summed E-state index contributed by atoms with van der Waals surface area (Å²) in [6, 6.07) is -0.410. The Morgan fingerprint density at radius 1 is 0.783 bits per heavy atom. The van der Waals surface area contributed by atoms with E-state index in [1.54, 1.807) is 6.92 Å². The zero-order valence-corrected chi connectivity index (χ0v) is 12.8. The molecule has 132 valence electrons. The van der Waals surface area contributed by atoms with E-state index in [1.165, 1.54) is 9.80 Å². The number of nitrogens with zero attached hydrogens (tertiary/aromatic N) is 2. The fourth-order valence-electron chi connectivity index (χ4n) is 2.23. The molecule has 1 atom stereocenters. The number of hydrogen-bond donors (Lipinski definition) is 4. The van der Waals surface area contributed by atoms with Crippen molar-refractivity contribution in [3.8, 4) is 0 Å². The maximum absolute atomic E-state index is 10.8. The van der Waals surface area contributed by atoms with E-state index < -0.39 is 56.1 Å². The molecule has 10 heteroatoms. The molecule has 0 rings (SSSR count). The van der Waals surface area contributed by atoms with Crippen LogP contribution in [0.4, 0.5) is 0 Å². The number of hydrogen-bond acceptors (Lipinski definition) is 6. The lowest BCUT2D eigenvalue weighted by molar-refractivity contribution is -0.143. The van der Waals surface area contributed by atoms with E-state index in [4.69, 9.17) is 20.4 Å². The highest BCUT2D eigenvalue weighted by atomic mass is 16.4. The van der Waals surface area contributed by atoms with Gasteiger partial charge in [-0.25, -0.2) is 0 Å². The van der Waals surface area contributed by atoms with Gasteiger partial charge in [-0.05, 0) is 12.8 Å². The summed E-state index contributed by atoms with van der Waals surface area (Å²) in [6.45, 7) is 0.0273. The predicted octanol–water partition coefficient (Wildman–Crippen LogP) is -0.902. The fourth-order valence-corrected chi connectivity index (χ4v) is 2.23. The molecular formula is C13H22N2O8. The van der Waals surface area contributed by atoms with E-state index in [0.29, 0.717) is 6.42 Å². The minimum atomic E-state index is -1.17. The molecule has 0 saturated heterocycles. The first kappa shape index (κ1) is 20.8. The van der Waals surface area contributed by atoms with Crippen molar-refractivity contribution >= 4 is 23.9 Å². The zero-order valence-electron chi connectivity index (χ0n) is 12.8. The second-order valence-corrected chi connectivity index (χ2v) is 5.04. The van der Waals surface area contributed by atoms with Crippen LogP contribution in [-0.2, 0) is 19.2 Å². The third kappa shape index (κ3) is 10.2. The molecule has 1 unspecified atom stereocenters. The van der Waals surface area contributed by atoms with Gasteiger partial charge in [0.05, 0.1) is 26.2 Å². The lowest BCUT2D eigenvalue weighted by atomic mass is 10.1. The van der Waals surface area contributed by atoms with E-state index in [1.807, 2.05) is 0 Å². The largest absolute Gasteiger partial charge is 0.480 e. The van der Waals surface area contributed by atoms with E-state index in [2.05, 4.69) is 0 Å². The SMILES string of the molecule is CCC(CCN(CC(=O)O)CC(=O)O)N(CC(=O)O)CC(=O)O. The second-order valence-electron chi connectivity index (χ2n) is 5.04. The van der Waals surface area contributed by atoms with Crippen LogP contribution in [0, 0.1) is 0 Å². The van der Waals surface area contributed by atoms with Crippen LogP contribution in [0.1, 0.15) is 19.8 Å². The third-order valence-electron chi connectivity index (χ3n) is 3.16. The van der Waals surface area contributed by atoms with Crippen LogP contribution in [0.5, 0.6) is 0 Å². The van der Waals surface area contributed by atoms with Gasteiger partial charge < -0.3 is 20.4 Å². The molecular weight excluding hydrogens is 312 g/mol. The van der Waals surface area contributed by atoms with E-state index in [-0.39, 0.29) is 13.0 Å². The normalized spacial score (nSPS) is 12.3. The highest BCUT2D eigenvalue weighted by molar-refractivity contribution is 5.73. The van der Waals surface area contributed by atoms with Crippen molar-refractivity contribution in [2.24, 2.45) is 0 Å². The Labute approximate surface area is 132 Å². The summed E-state index contributed by atoms with van der Waals surface area (Å²) in [4.78, 5) is 45.6. The Balaban J connectivity index is 4.83. The maximum atomic E-state index is 10.8. The summed E-state index contributed by atoms with van der Waals surface area (Å²) in [7, 11) is 0. The Kier molecular flexibility index (Phi) is 9.51. The molecule has 0 aromatic heterocycles. The van der Waals surface area contributed by atoms with Gasteiger partial charge in [0.1, 0.15) is 0 Å². The quantitative estimate of drug-likeness (QED) is 0.333. The summed E-state index contributed by atoms with van der Waals surface area (Å²) in [5.74, 6) is -4.69. The zero-order chi connectivity index (χ0) is 18.0. The summed E-state index contributed by atoms with van der Waals surface area (Å²) in [5, 5.41) is 35.2. The van der Waals surface area contributed by atoms with Gasteiger partial charge in [-0.15, -0.1) is 0 Å². The molecule has 0 amide bonds. The van der Waals surface area contributed by atoms with Gasteiger partial charge in [-0.1, -0.05) is 6.92 Å². The number of carbonyl (C=O) groups is 4. The van der Waals surface area contributed by atoms with Crippen LogP contribution in [0.3, 0.4) is 0 Å². The Hall–Kier alpha value is -2.20. The lowest BCUT2D eigenvalue weighted by Crippen LogP contribution is -2.44. The summed E-state index contributed by atoms with van der Waals surface area (Å²) < 4.78 is 0. The Morgan fingerprint density at radius 2 is 1.17 bits per heavy atom. The molecule has 4 N–H and O–H groups in total. The molecule has 0 spiro atoms. The van der Waals surface area contributed by atoms with Crippen molar-refractivity contribution in [2.75, 3.05) is 32.7 Å². The lowest BCUT2D eigenvalue weighted by Gasteiger charge is -2.30. The van der Waals surface area contributed by atoms with Crippen molar-refractivity contribution in [3.63, 3.8) is 0 Å². The average molecular weight is 334 g/mol. The second kappa shape index (κ2) is 10.5. The smallest absolute Gasteiger partial charge is 0.317 e. The van der Waals surface area contributed by atoms with Crippen molar-refractivity contribution in [3.05, 3.63) is 0 Å². The topological polar surface area (TPSA) is 156 Å². The Morgan fingerprint density at radius 3 is 1.48 bits per heavy atom. The molecule has 0 saturated carbocycles. The minimum Gasteiger partial charge on any atom is -0.480 e. The van der Waals surface area contributed by atoms with Gasteiger partial charge in [-0.2, -0.15) is 0 Å². The molecule has 0 aliphatic heterocycles. The van der Waals surface area contributed by atoms with Gasteiger partial charge in [0.25, 0.3) is 0 Å². The average Bonchev–Trinajstić information content (AvgIpc) is 2.36. The molecule has 0 aromatic rings. The monoisotopic (exact) mass is 334 g/mol. The molecule has 0 aromatic carbocycles. The van der Waals surface area contributed by atoms with Crippen LogP contribution < -0.4 is 0 Å². The van der Waals surface area contributed by atoms with Crippen LogP contribution >= 0.6 is 0 Å². The van der Waals surface area contributed by atoms with Crippen LogP contribution in [0.15, 0.2) is 0 Å². The van der Waals surface area contributed by atoms with Gasteiger partial charge in [0.2, 0.25) is 0 Å². The van der Waals surface area contributed by atoms with E-state index in [9.17, 15) is 19.2 Å². The number of carboxylic acid groups (broad SMARTS) is 4. The summed E-state index contributed by atoms with van der Waals surface area (Å²) in [5.41, 5.74) is 0. The van der Waals surface area contributed by atoms with Gasteiger partial charge in [-0.3, -0.25) is 29.0 Å². The van der Waals surface area contributed by atoms with Crippen LogP contribution in [0.2, 0.25) is 0 Å². The molecule has 0 bridgehead atoms. The van der Waals surface area contributed by atoms with Crippen LogP contribution in [0.25, 0.3) is 0 Å². The first-order valence-electron chi connectivity index (χ1n) is 6.99. The first-order chi connectivity index (χ1) is 10.6. The highest BCUT2D eigenvalue weighted by Gasteiger charge is 2.23. The molecule has 0 aliphatic carbocycles. The van der Waals surface area contributed by atoms with Crippen molar-refractivity contribution in [2.45, 2.75) is 25.8 Å². The van der Waals surface area contributed by atoms with Gasteiger partial charge in [0.15, 0.2) is 0 Å². The minimum absolute atomic E-state index is 0.104. The standard InChI is InChI=1S/C13H22N2O8/c1-2-9(15(7-12(20)21)8-13(22)23)3-4-14(5-10(16)17)6-11(18)19/h9H,2-8H2,1H3,(H,16,17)(H,18,19)(H,20,21)(H,22,23). The number of aliphatic carboxylic acids is 4. The van der Waals surface area contributed by atoms with E-state index in [0.717, 1.165) is 0 Å². The summed E-state index contributed by atoms with van der Waals surface area (Å²) >= 11 is 0. The van der Waals surface area contributed by atoms with E-state index >= 15 is 0 Å². The molecule has 10 nitrogen and oxygen atoms in total. The van der Waals surface area contributed by atoms with Crippen molar-refractivity contribution in [1.82, 2.24) is 9.80 Å². The molecule has 0 fully saturated rings. The number of carboxylic acids is 4. The molecule has 23 heavy (non-hydrogen) atoms. The number of rotatable bonds is 13. The maximum Gasteiger partial charge on any atom is 0.317 e. The van der Waals surface area contributed by atoms with Gasteiger partial charge in [0, 0.05) is 12.6 Å². The van der Waals surface area contributed by atoms with Crippen molar-refractivity contribution in [1.29, 1.82) is 0 Å². The Bertz CT molecular complexity index is 408. The highest BCUT2D eigenvalue weighted by Crippen LogP contribution is 2.10. The third-order valence-corrected chi connectivity index (χ3v) is 3.16. The van der Waals surface area contributed by atoms with Crippen LogP contribution in [-0.4, -0.2) is 92.9 Å². The van der Waals surface area contributed by atoms with Gasteiger partial charge >= 0.3 is 23.9 Å². The predicted molar refractivity (Wildman–Crippen MR) is 77.3 cm³/mol.